The second-order valence-electron chi connectivity index (χ2n) is 5.61. The molecule has 1 amide bonds. The maximum atomic E-state index is 12.1. The summed E-state index contributed by atoms with van der Waals surface area (Å²) in [6.45, 7) is 1.27. The summed E-state index contributed by atoms with van der Waals surface area (Å²) >= 11 is 1.53. The molecule has 0 aliphatic heterocycles. The third-order valence-corrected chi connectivity index (χ3v) is 4.73. The molecular formula is C18H21N3O3S. The summed E-state index contributed by atoms with van der Waals surface area (Å²) in [5.74, 6) is 0.803. The van der Waals surface area contributed by atoms with Crippen LogP contribution >= 0.6 is 11.3 Å². The van der Waals surface area contributed by atoms with Gasteiger partial charge in [0.2, 0.25) is 5.91 Å². The van der Waals surface area contributed by atoms with Crippen LogP contribution in [0.5, 0.6) is 5.75 Å². The quantitative estimate of drug-likeness (QED) is 0.628. The summed E-state index contributed by atoms with van der Waals surface area (Å²) < 4.78 is 12.2. The van der Waals surface area contributed by atoms with Crippen molar-refractivity contribution in [2.45, 2.75) is 12.8 Å². The topological polar surface area (TPSA) is 64.9 Å². The molecule has 0 unspecified atom stereocenters. The summed E-state index contributed by atoms with van der Waals surface area (Å²) in [7, 11) is 3.30. The first-order valence-electron chi connectivity index (χ1n) is 8.07. The highest BCUT2D eigenvalue weighted by molar-refractivity contribution is 7.15. The highest BCUT2D eigenvalue weighted by Crippen LogP contribution is 2.26. The van der Waals surface area contributed by atoms with Gasteiger partial charge in [0.1, 0.15) is 5.75 Å². The predicted molar refractivity (Wildman–Crippen MR) is 98.3 cm³/mol. The largest absolute Gasteiger partial charge is 0.497 e. The van der Waals surface area contributed by atoms with Crippen molar-refractivity contribution in [3.63, 3.8) is 0 Å². The van der Waals surface area contributed by atoms with E-state index in [1.165, 1.54) is 11.3 Å². The van der Waals surface area contributed by atoms with E-state index in [0.717, 1.165) is 34.1 Å². The van der Waals surface area contributed by atoms with E-state index in [4.69, 9.17) is 9.47 Å². The van der Waals surface area contributed by atoms with Crippen LogP contribution in [0.4, 0.5) is 0 Å². The van der Waals surface area contributed by atoms with E-state index in [0.29, 0.717) is 19.6 Å². The zero-order valence-corrected chi connectivity index (χ0v) is 15.1. The van der Waals surface area contributed by atoms with Crippen LogP contribution in [0.2, 0.25) is 0 Å². The number of aromatic nitrogens is 2. The van der Waals surface area contributed by atoms with Gasteiger partial charge in [0.05, 0.1) is 19.2 Å². The van der Waals surface area contributed by atoms with E-state index in [2.05, 4.69) is 10.3 Å². The number of ether oxygens (including phenoxy) is 2. The van der Waals surface area contributed by atoms with E-state index in [1.54, 1.807) is 14.2 Å². The van der Waals surface area contributed by atoms with Crippen LogP contribution in [-0.2, 0) is 16.0 Å². The molecule has 3 rings (SSSR count). The number of thiazole rings is 1. The van der Waals surface area contributed by atoms with E-state index in [1.807, 2.05) is 40.2 Å². The number of hydrogen-bond donors (Lipinski definition) is 1. The molecule has 0 bridgehead atoms. The molecular weight excluding hydrogens is 338 g/mol. The molecule has 25 heavy (non-hydrogen) atoms. The van der Waals surface area contributed by atoms with Crippen LogP contribution in [0.3, 0.4) is 0 Å². The second kappa shape index (κ2) is 8.13. The Morgan fingerprint density at radius 1 is 1.36 bits per heavy atom. The molecule has 0 spiro atoms. The zero-order chi connectivity index (χ0) is 17.6. The molecule has 2 heterocycles. The maximum absolute atomic E-state index is 12.1. The number of imidazole rings is 1. The van der Waals surface area contributed by atoms with Gasteiger partial charge in [-0.3, -0.25) is 9.20 Å². The van der Waals surface area contributed by atoms with Gasteiger partial charge in [-0.15, -0.1) is 11.3 Å². The molecule has 1 N–H and O–H groups in total. The third-order valence-electron chi connectivity index (χ3n) is 3.84. The van der Waals surface area contributed by atoms with E-state index < -0.39 is 0 Å². The first-order valence-corrected chi connectivity index (χ1v) is 8.94. The lowest BCUT2D eigenvalue weighted by Gasteiger charge is -2.04. The first-order chi connectivity index (χ1) is 12.2. The minimum absolute atomic E-state index is 0.00688. The molecule has 0 fully saturated rings. The fraction of sp³-hybridized carbons (Fsp3) is 0.333. The average Bonchev–Trinajstić information content (AvgIpc) is 3.21. The number of fused-ring (bicyclic) bond motifs is 1. The molecule has 6 nitrogen and oxygen atoms in total. The number of hydrogen-bond acceptors (Lipinski definition) is 5. The monoisotopic (exact) mass is 359 g/mol. The molecule has 7 heteroatoms. The normalized spacial score (nSPS) is 11.0. The lowest BCUT2D eigenvalue weighted by Crippen LogP contribution is -2.27. The Morgan fingerprint density at radius 3 is 3.04 bits per heavy atom. The van der Waals surface area contributed by atoms with Crippen LogP contribution in [0.15, 0.2) is 35.8 Å². The molecule has 2 aromatic heterocycles. The van der Waals surface area contributed by atoms with Crippen molar-refractivity contribution in [1.29, 1.82) is 0 Å². The minimum Gasteiger partial charge on any atom is -0.497 e. The number of nitrogens with one attached hydrogen (secondary N) is 1. The van der Waals surface area contributed by atoms with Gasteiger partial charge in [-0.2, -0.15) is 0 Å². The van der Waals surface area contributed by atoms with Crippen molar-refractivity contribution in [3.8, 4) is 17.0 Å². The molecule has 3 aromatic rings. The van der Waals surface area contributed by atoms with E-state index >= 15 is 0 Å². The predicted octanol–water partition coefficient (Wildman–Crippen LogP) is 2.77. The van der Waals surface area contributed by atoms with Gasteiger partial charge in [0, 0.05) is 43.1 Å². The maximum Gasteiger partial charge on any atom is 0.225 e. The Hall–Kier alpha value is -2.38. The molecule has 0 radical (unpaired) electrons. The highest BCUT2D eigenvalue weighted by Gasteiger charge is 2.12. The Bertz CT molecular complexity index is 856. The van der Waals surface area contributed by atoms with Crippen LogP contribution in [0.25, 0.3) is 16.2 Å². The van der Waals surface area contributed by atoms with Crippen LogP contribution in [0.1, 0.15) is 12.1 Å². The zero-order valence-electron chi connectivity index (χ0n) is 14.3. The van der Waals surface area contributed by atoms with Gasteiger partial charge in [-0.05, 0) is 18.6 Å². The van der Waals surface area contributed by atoms with Crippen molar-refractivity contribution in [2.24, 2.45) is 0 Å². The Balaban J connectivity index is 1.73. The summed E-state index contributed by atoms with van der Waals surface area (Å²) in [5, 5.41) is 4.89. The van der Waals surface area contributed by atoms with Gasteiger partial charge in [0.25, 0.3) is 0 Å². The summed E-state index contributed by atoms with van der Waals surface area (Å²) in [6.07, 6.45) is 3.11. The highest BCUT2D eigenvalue weighted by atomic mass is 32.1. The standard InChI is InChI=1S/C18H21N3O3S/c1-23-8-4-7-19-17(22)10-14-12-25-18-20-16(11-21(14)18)13-5-3-6-15(9-13)24-2/h3,5-6,9,11-12H,4,7-8,10H2,1-2H3,(H,19,22). The summed E-state index contributed by atoms with van der Waals surface area (Å²) in [5.41, 5.74) is 2.80. The van der Waals surface area contributed by atoms with Gasteiger partial charge in [-0.1, -0.05) is 12.1 Å². The van der Waals surface area contributed by atoms with Crippen molar-refractivity contribution >= 4 is 22.2 Å². The minimum atomic E-state index is 0.00688. The average molecular weight is 359 g/mol. The first kappa shape index (κ1) is 17.4. The fourth-order valence-electron chi connectivity index (χ4n) is 2.55. The molecule has 0 saturated carbocycles. The number of carbonyl (C=O) groups excluding carboxylic acids is 1. The summed E-state index contributed by atoms with van der Waals surface area (Å²) in [4.78, 5) is 17.6. The van der Waals surface area contributed by atoms with Crippen LogP contribution in [0, 0.1) is 0 Å². The molecule has 0 aliphatic rings. The van der Waals surface area contributed by atoms with Crippen LogP contribution in [-0.4, -0.2) is 42.7 Å². The van der Waals surface area contributed by atoms with Crippen LogP contribution < -0.4 is 10.1 Å². The Kier molecular flexibility index (Phi) is 5.67. The van der Waals surface area contributed by atoms with Crippen molar-refractivity contribution in [2.75, 3.05) is 27.4 Å². The van der Waals surface area contributed by atoms with Crippen molar-refractivity contribution in [3.05, 3.63) is 41.5 Å². The van der Waals surface area contributed by atoms with E-state index in [9.17, 15) is 4.79 Å². The van der Waals surface area contributed by atoms with Crippen molar-refractivity contribution < 1.29 is 14.3 Å². The molecule has 132 valence electrons. The number of benzene rings is 1. The van der Waals surface area contributed by atoms with Gasteiger partial charge >= 0.3 is 0 Å². The van der Waals surface area contributed by atoms with Gasteiger partial charge in [-0.25, -0.2) is 4.98 Å². The molecule has 1 aromatic carbocycles. The Labute approximate surface area is 150 Å². The molecule has 0 atom stereocenters. The molecule has 0 aliphatic carbocycles. The van der Waals surface area contributed by atoms with E-state index in [-0.39, 0.29) is 5.91 Å². The summed E-state index contributed by atoms with van der Waals surface area (Å²) in [6, 6.07) is 7.79. The van der Waals surface area contributed by atoms with Gasteiger partial charge < -0.3 is 14.8 Å². The SMILES string of the molecule is COCCCNC(=O)Cc1csc2nc(-c3cccc(OC)c3)cn12. The second-order valence-corrected chi connectivity index (χ2v) is 6.45. The lowest BCUT2D eigenvalue weighted by atomic mass is 10.1. The van der Waals surface area contributed by atoms with Crippen molar-refractivity contribution in [1.82, 2.24) is 14.7 Å². The number of carbonyl (C=O) groups is 1. The Morgan fingerprint density at radius 2 is 2.24 bits per heavy atom. The number of rotatable bonds is 8. The molecule has 0 saturated heterocycles. The number of nitrogens with zero attached hydrogens (tertiary/aromatic N) is 2. The fourth-order valence-corrected chi connectivity index (χ4v) is 3.42. The lowest BCUT2D eigenvalue weighted by molar-refractivity contribution is -0.120. The number of methoxy groups -OCH3 is 2. The van der Waals surface area contributed by atoms with Gasteiger partial charge in [0.15, 0.2) is 4.96 Å². The smallest absolute Gasteiger partial charge is 0.225 e. The number of amides is 1. The third kappa shape index (κ3) is 4.18.